The lowest BCUT2D eigenvalue weighted by Gasteiger charge is -2.41. The van der Waals surface area contributed by atoms with Crippen molar-refractivity contribution in [3.63, 3.8) is 0 Å². The average molecular weight is 143 g/mol. The first-order chi connectivity index (χ1) is 4.49. The van der Waals surface area contributed by atoms with Crippen LogP contribution >= 0.6 is 0 Å². The summed E-state index contributed by atoms with van der Waals surface area (Å²) in [6, 6.07) is 0.201. The lowest BCUT2D eigenvalue weighted by molar-refractivity contribution is -0.120. The molecule has 5 N–H and O–H groups in total. The molecule has 1 amide bonds. The van der Waals surface area contributed by atoms with Crippen molar-refractivity contribution in [2.75, 3.05) is 0 Å². The number of carbonyl (C=O) groups excluding carboxylic acids is 1. The van der Waals surface area contributed by atoms with Gasteiger partial charge in [-0.15, -0.1) is 0 Å². The molecule has 0 heterocycles. The van der Waals surface area contributed by atoms with Gasteiger partial charge in [-0.2, -0.15) is 0 Å². The van der Waals surface area contributed by atoms with Gasteiger partial charge in [-0.1, -0.05) is 0 Å². The summed E-state index contributed by atoms with van der Waals surface area (Å²) < 4.78 is 0. The molecule has 0 radical (unpaired) electrons. The van der Waals surface area contributed by atoms with Crippen LogP contribution in [0.1, 0.15) is 19.8 Å². The van der Waals surface area contributed by atoms with E-state index in [1.54, 1.807) is 0 Å². The second kappa shape index (κ2) is 2.21. The van der Waals surface area contributed by atoms with Gasteiger partial charge in [0.25, 0.3) is 0 Å². The number of carbonyl (C=O) groups is 1. The van der Waals surface area contributed by atoms with Gasteiger partial charge in [-0.3, -0.25) is 4.79 Å². The van der Waals surface area contributed by atoms with E-state index in [1.165, 1.54) is 6.92 Å². The third-order valence-corrected chi connectivity index (χ3v) is 1.66. The van der Waals surface area contributed by atoms with E-state index in [9.17, 15) is 4.79 Å². The zero-order valence-electron chi connectivity index (χ0n) is 6.05. The maximum atomic E-state index is 10.5. The Morgan fingerprint density at radius 2 is 2.10 bits per heavy atom. The molecule has 1 aliphatic carbocycles. The fraction of sp³-hybridized carbons (Fsp3) is 0.833. The molecule has 58 valence electrons. The highest BCUT2D eigenvalue weighted by Crippen LogP contribution is 2.24. The predicted octanol–water partition coefficient (Wildman–Crippen LogP) is -1.10. The standard InChI is InChI=1S/C6H13N3O/c1-4(10)9-5-2-6(7,8)3-5/h5H,2-3,7-8H2,1H3,(H,9,10). The van der Waals surface area contributed by atoms with Crippen LogP contribution in [0.25, 0.3) is 0 Å². The monoisotopic (exact) mass is 143 g/mol. The highest BCUT2D eigenvalue weighted by Gasteiger charge is 2.37. The SMILES string of the molecule is CC(=O)NC1CC(N)(N)C1. The van der Waals surface area contributed by atoms with Crippen LogP contribution in [0.5, 0.6) is 0 Å². The Morgan fingerprint density at radius 3 is 2.40 bits per heavy atom. The van der Waals surface area contributed by atoms with Gasteiger partial charge in [0.2, 0.25) is 5.91 Å². The van der Waals surface area contributed by atoms with Crippen LogP contribution in [0.3, 0.4) is 0 Å². The van der Waals surface area contributed by atoms with E-state index in [0.29, 0.717) is 12.8 Å². The molecule has 0 aromatic carbocycles. The predicted molar refractivity (Wildman–Crippen MR) is 37.9 cm³/mol. The van der Waals surface area contributed by atoms with Crippen molar-refractivity contribution in [3.05, 3.63) is 0 Å². The first-order valence-electron chi connectivity index (χ1n) is 3.34. The van der Waals surface area contributed by atoms with Crippen LogP contribution in [0, 0.1) is 0 Å². The van der Waals surface area contributed by atoms with Crippen molar-refractivity contribution in [3.8, 4) is 0 Å². The largest absolute Gasteiger partial charge is 0.353 e. The molecule has 4 nitrogen and oxygen atoms in total. The van der Waals surface area contributed by atoms with Crippen molar-refractivity contribution in [1.82, 2.24) is 5.32 Å². The van der Waals surface area contributed by atoms with E-state index in [0.717, 1.165) is 0 Å². The first-order valence-corrected chi connectivity index (χ1v) is 3.34. The lowest BCUT2D eigenvalue weighted by Crippen LogP contribution is -2.65. The highest BCUT2D eigenvalue weighted by molar-refractivity contribution is 5.73. The fourth-order valence-corrected chi connectivity index (χ4v) is 1.25. The Kier molecular flexibility index (Phi) is 1.66. The summed E-state index contributed by atoms with van der Waals surface area (Å²) >= 11 is 0. The molecule has 0 atom stereocenters. The summed E-state index contributed by atoms with van der Waals surface area (Å²) in [5.74, 6) is -0.0134. The Balaban J connectivity index is 2.21. The van der Waals surface area contributed by atoms with Crippen LogP contribution in [0.2, 0.25) is 0 Å². The molecular weight excluding hydrogens is 130 g/mol. The van der Waals surface area contributed by atoms with E-state index in [4.69, 9.17) is 11.5 Å². The van der Waals surface area contributed by atoms with Crippen molar-refractivity contribution >= 4 is 5.91 Å². The molecule has 0 unspecified atom stereocenters. The number of hydrogen-bond donors (Lipinski definition) is 3. The van der Waals surface area contributed by atoms with Gasteiger partial charge in [0.15, 0.2) is 0 Å². The minimum Gasteiger partial charge on any atom is -0.353 e. The molecule has 0 saturated heterocycles. The summed E-state index contributed by atoms with van der Waals surface area (Å²) in [5.41, 5.74) is 10.5. The first kappa shape index (κ1) is 7.50. The van der Waals surface area contributed by atoms with Gasteiger partial charge >= 0.3 is 0 Å². The molecular formula is C6H13N3O. The fourth-order valence-electron chi connectivity index (χ4n) is 1.25. The minimum atomic E-state index is -0.535. The molecule has 10 heavy (non-hydrogen) atoms. The normalized spacial score (nSPS) is 23.5. The van der Waals surface area contributed by atoms with Crippen LogP contribution in [0.4, 0.5) is 0 Å². The third-order valence-electron chi connectivity index (χ3n) is 1.66. The van der Waals surface area contributed by atoms with Crippen LogP contribution in [-0.4, -0.2) is 17.6 Å². The Labute approximate surface area is 59.9 Å². The quantitative estimate of drug-likeness (QED) is 0.407. The number of nitrogens with two attached hydrogens (primary N) is 2. The summed E-state index contributed by atoms with van der Waals surface area (Å²) in [6.45, 7) is 1.49. The van der Waals surface area contributed by atoms with Gasteiger partial charge in [-0.05, 0) is 12.8 Å². The molecule has 0 aromatic rings. The second-order valence-electron chi connectivity index (χ2n) is 3.04. The van der Waals surface area contributed by atoms with Gasteiger partial charge in [0.05, 0.1) is 5.66 Å². The number of amides is 1. The molecule has 0 aromatic heterocycles. The van der Waals surface area contributed by atoms with Gasteiger partial charge in [0.1, 0.15) is 0 Å². The Bertz CT molecular complexity index is 147. The van der Waals surface area contributed by atoms with Crippen molar-refractivity contribution in [2.45, 2.75) is 31.5 Å². The molecule has 1 rings (SSSR count). The third kappa shape index (κ3) is 1.68. The number of hydrogen-bond acceptors (Lipinski definition) is 3. The lowest BCUT2D eigenvalue weighted by atomic mass is 9.81. The molecule has 4 heteroatoms. The molecule has 0 aliphatic heterocycles. The topological polar surface area (TPSA) is 81.1 Å². The zero-order chi connectivity index (χ0) is 7.78. The van der Waals surface area contributed by atoms with Crippen molar-refractivity contribution in [2.24, 2.45) is 11.5 Å². The van der Waals surface area contributed by atoms with Gasteiger partial charge in [0, 0.05) is 13.0 Å². The van der Waals surface area contributed by atoms with Crippen LogP contribution < -0.4 is 16.8 Å². The second-order valence-corrected chi connectivity index (χ2v) is 3.04. The summed E-state index contributed by atoms with van der Waals surface area (Å²) in [6.07, 6.45) is 1.37. The Hall–Kier alpha value is -0.610. The highest BCUT2D eigenvalue weighted by atomic mass is 16.1. The molecule has 1 aliphatic rings. The van der Waals surface area contributed by atoms with Crippen LogP contribution in [0.15, 0.2) is 0 Å². The molecule has 1 saturated carbocycles. The summed E-state index contributed by atoms with van der Waals surface area (Å²) in [7, 11) is 0. The van der Waals surface area contributed by atoms with E-state index in [2.05, 4.69) is 5.32 Å². The van der Waals surface area contributed by atoms with E-state index in [-0.39, 0.29) is 11.9 Å². The summed E-state index contributed by atoms with van der Waals surface area (Å²) in [4.78, 5) is 10.5. The van der Waals surface area contributed by atoms with Crippen molar-refractivity contribution in [1.29, 1.82) is 0 Å². The minimum absolute atomic E-state index is 0.0134. The number of nitrogens with one attached hydrogen (secondary N) is 1. The van der Waals surface area contributed by atoms with Gasteiger partial charge in [-0.25, -0.2) is 0 Å². The maximum absolute atomic E-state index is 10.5. The van der Waals surface area contributed by atoms with Crippen LogP contribution in [-0.2, 0) is 4.79 Å². The summed E-state index contributed by atoms with van der Waals surface area (Å²) in [5, 5.41) is 2.74. The van der Waals surface area contributed by atoms with E-state index < -0.39 is 5.66 Å². The molecule has 0 bridgehead atoms. The number of rotatable bonds is 1. The van der Waals surface area contributed by atoms with Crippen molar-refractivity contribution < 1.29 is 4.79 Å². The van der Waals surface area contributed by atoms with E-state index in [1.807, 2.05) is 0 Å². The maximum Gasteiger partial charge on any atom is 0.217 e. The van der Waals surface area contributed by atoms with Gasteiger partial charge < -0.3 is 16.8 Å². The molecule has 0 spiro atoms. The molecule has 1 fully saturated rings. The Morgan fingerprint density at radius 1 is 1.60 bits per heavy atom. The zero-order valence-corrected chi connectivity index (χ0v) is 6.05. The van der Waals surface area contributed by atoms with E-state index >= 15 is 0 Å². The average Bonchev–Trinajstić information content (AvgIpc) is 1.57. The smallest absolute Gasteiger partial charge is 0.217 e.